The summed E-state index contributed by atoms with van der Waals surface area (Å²) in [4.78, 5) is 14.9. The molecule has 2 heterocycles. The number of hydrogen-bond acceptors (Lipinski definition) is 7. The lowest BCUT2D eigenvalue weighted by Gasteiger charge is -2.16. The van der Waals surface area contributed by atoms with E-state index in [0.717, 1.165) is 18.7 Å². The molecule has 8 heteroatoms. The molecule has 1 unspecified atom stereocenters. The van der Waals surface area contributed by atoms with Crippen molar-refractivity contribution in [3.8, 4) is 5.75 Å². The summed E-state index contributed by atoms with van der Waals surface area (Å²) in [6.07, 6.45) is 9.99. The predicted molar refractivity (Wildman–Crippen MR) is 111 cm³/mol. The second-order valence-corrected chi connectivity index (χ2v) is 6.89. The minimum absolute atomic E-state index is 0.157. The Morgan fingerprint density at radius 1 is 1.29 bits per heavy atom. The van der Waals surface area contributed by atoms with Crippen LogP contribution >= 0.6 is 0 Å². The fourth-order valence-corrected chi connectivity index (χ4v) is 3.25. The Morgan fingerprint density at radius 3 is 3.14 bits per heavy atom. The van der Waals surface area contributed by atoms with Crippen LogP contribution in [0, 0.1) is 0 Å². The van der Waals surface area contributed by atoms with Crippen LogP contribution < -0.4 is 26.8 Å². The van der Waals surface area contributed by atoms with Gasteiger partial charge in [-0.25, -0.2) is 9.89 Å². The van der Waals surface area contributed by atoms with Crippen molar-refractivity contribution in [1.29, 1.82) is 0 Å². The topological polar surface area (TPSA) is 118 Å². The van der Waals surface area contributed by atoms with Crippen molar-refractivity contribution >= 4 is 11.6 Å². The third-order valence-electron chi connectivity index (χ3n) is 4.67. The van der Waals surface area contributed by atoms with E-state index >= 15 is 0 Å². The number of H-pyrrole nitrogens is 1. The number of nitrogen functional groups attached to an aromatic ring is 1. The Morgan fingerprint density at radius 2 is 2.21 bits per heavy atom. The van der Waals surface area contributed by atoms with Gasteiger partial charge in [-0.3, -0.25) is 0 Å². The molecule has 8 nitrogen and oxygen atoms in total. The molecule has 5 N–H and O–H groups in total. The fraction of sp³-hybridized carbons (Fsp3) is 0.450. The van der Waals surface area contributed by atoms with Crippen LogP contribution in [0.1, 0.15) is 31.2 Å². The van der Waals surface area contributed by atoms with Crippen LogP contribution in [0.5, 0.6) is 5.75 Å². The van der Waals surface area contributed by atoms with E-state index in [2.05, 4.69) is 37.9 Å². The average molecular weight is 384 g/mol. The number of nitrogens with two attached hydrogens (primary N) is 1. The Hall–Kier alpha value is -2.87. The van der Waals surface area contributed by atoms with Crippen LogP contribution in [0.3, 0.4) is 0 Å². The van der Waals surface area contributed by atoms with Gasteiger partial charge in [-0.1, -0.05) is 31.1 Å². The number of hydrogen-bond donors (Lipinski definition) is 4. The molecular weight excluding hydrogens is 356 g/mol. The van der Waals surface area contributed by atoms with E-state index in [1.54, 1.807) is 0 Å². The number of anilines is 2. The number of rotatable bonds is 8. The van der Waals surface area contributed by atoms with Gasteiger partial charge in [0.05, 0.1) is 0 Å². The van der Waals surface area contributed by atoms with Gasteiger partial charge in [-0.15, -0.1) is 5.10 Å². The largest absolute Gasteiger partial charge is 0.490 e. The van der Waals surface area contributed by atoms with Crippen LogP contribution in [0.25, 0.3) is 0 Å². The normalized spacial score (nSPS) is 17.4. The van der Waals surface area contributed by atoms with Gasteiger partial charge in [0, 0.05) is 12.6 Å². The van der Waals surface area contributed by atoms with Gasteiger partial charge in [0.1, 0.15) is 12.4 Å². The summed E-state index contributed by atoms with van der Waals surface area (Å²) in [7, 11) is 0. The molecule has 1 aliphatic rings. The summed E-state index contributed by atoms with van der Waals surface area (Å²) in [5.74, 6) is 1.30. The third-order valence-corrected chi connectivity index (χ3v) is 4.67. The van der Waals surface area contributed by atoms with E-state index in [1.807, 2.05) is 24.3 Å². The minimum atomic E-state index is -0.539. The highest BCUT2D eigenvalue weighted by atomic mass is 16.5. The monoisotopic (exact) mass is 384 g/mol. The van der Waals surface area contributed by atoms with Gasteiger partial charge >= 0.3 is 5.69 Å². The molecule has 1 fully saturated rings. The molecule has 3 rings (SSSR count). The first-order valence-corrected chi connectivity index (χ1v) is 9.77. The zero-order valence-electron chi connectivity index (χ0n) is 16.0. The van der Waals surface area contributed by atoms with Crippen LogP contribution in [0.4, 0.5) is 11.6 Å². The summed E-state index contributed by atoms with van der Waals surface area (Å²) in [6, 6.07) is 8.85. The van der Waals surface area contributed by atoms with E-state index in [4.69, 9.17) is 10.5 Å². The van der Waals surface area contributed by atoms with Crippen LogP contribution in [0.15, 0.2) is 41.2 Å². The van der Waals surface area contributed by atoms with E-state index in [0.29, 0.717) is 19.2 Å². The Balaban J connectivity index is 1.42. The summed E-state index contributed by atoms with van der Waals surface area (Å²) >= 11 is 0. The molecule has 0 aliphatic carbocycles. The maximum absolute atomic E-state index is 11.1. The number of benzene rings is 1. The number of nitrogens with one attached hydrogen (secondary N) is 3. The summed E-state index contributed by atoms with van der Waals surface area (Å²) < 4.78 is 5.81. The lowest BCUT2D eigenvalue weighted by Crippen LogP contribution is -2.30. The Labute approximate surface area is 164 Å². The first kappa shape index (κ1) is 19.9. The standard InChI is InChI=1S/C20H28N6O2/c21-18-19(24-20(27)26-25-18)23-11-4-5-12-28-17-9-6-7-15(14-17)13-16-8-2-1-3-10-22-16/h4-7,9,14,16,22H,1-3,8,10-13H2,(H2,21,25)(H2,23,24,26,27). The van der Waals surface area contributed by atoms with Crippen LogP contribution in [-0.2, 0) is 6.42 Å². The molecule has 0 radical (unpaired) electrons. The van der Waals surface area contributed by atoms with Crippen molar-refractivity contribution in [2.75, 3.05) is 30.7 Å². The highest BCUT2D eigenvalue weighted by Crippen LogP contribution is 2.18. The van der Waals surface area contributed by atoms with Crippen LogP contribution in [0.2, 0.25) is 0 Å². The van der Waals surface area contributed by atoms with E-state index in [1.165, 1.54) is 31.2 Å². The zero-order chi connectivity index (χ0) is 19.6. The summed E-state index contributed by atoms with van der Waals surface area (Å²) in [5, 5.41) is 12.4. The number of aromatic amines is 1. The molecule has 0 amide bonds. The number of ether oxygens (including phenoxy) is 1. The lowest BCUT2D eigenvalue weighted by atomic mass is 10.0. The Bertz CT molecular complexity index is 827. The molecule has 0 spiro atoms. The van der Waals surface area contributed by atoms with Crippen molar-refractivity contribution in [2.24, 2.45) is 0 Å². The van der Waals surface area contributed by atoms with Gasteiger partial charge in [0.25, 0.3) is 0 Å². The van der Waals surface area contributed by atoms with Gasteiger partial charge in [-0.2, -0.15) is 4.98 Å². The van der Waals surface area contributed by atoms with Crippen molar-refractivity contribution in [2.45, 2.75) is 38.1 Å². The third kappa shape index (κ3) is 6.38. The summed E-state index contributed by atoms with van der Waals surface area (Å²) in [5.41, 5.74) is 6.39. The molecule has 1 aromatic heterocycles. The van der Waals surface area contributed by atoms with Gasteiger partial charge in [-0.05, 0) is 49.6 Å². The maximum atomic E-state index is 11.1. The zero-order valence-corrected chi connectivity index (χ0v) is 16.0. The Kier molecular flexibility index (Phi) is 7.43. The predicted octanol–water partition coefficient (Wildman–Crippen LogP) is 1.87. The van der Waals surface area contributed by atoms with E-state index in [9.17, 15) is 4.79 Å². The maximum Gasteiger partial charge on any atom is 0.363 e. The molecule has 150 valence electrons. The highest BCUT2D eigenvalue weighted by molar-refractivity contribution is 5.54. The smallest absolute Gasteiger partial charge is 0.363 e. The molecule has 1 aromatic carbocycles. The van der Waals surface area contributed by atoms with Crippen molar-refractivity contribution in [3.05, 3.63) is 52.5 Å². The molecule has 0 saturated carbocycles. The fourth-order valence-electron chi connectivity index (χ4n) is 3.25. The van der Waals surface area contributed by atoms with Gasteiger partial charge in [0.15, 0.2) is 11.6 Å². The molecule has 1 atom stereocenters. The molecular formula is C20H28N6O2. The highest BCUT2D eigenvalue weighted by Gasteiger charge is 2.12. The second kappa shape index (κ2) is 10.5. The number of nitrogens with zero attached hydrogens (tertiary/aromatic N) is 2. The second-order valence-electron chi connectivity index (χ2n) is 6.89. The molecule has 1 aliphatic heterocycles. The van der Waals surface area contributed by atoms with Crippen molar-refractivity contribution in [1.82, 2.24) is 20.5 Å². The van der Waals surface area contributed by atoms with Gasteiger partial charge < -0.3 is 21.1 Å². The molecule has 28 heavy (non-hydrogen) atoms. The number of aromatic nitrogens is 3. The van der Waals surface area contributed by atoms with Crippen LogP contribution in [-0.4, -0.2) is 40.9 Å². The molecule has 1 saturated heterocycles. The summed E-state index contributed by atoms with van der Waals surface area (Å²) in [6.45, 7) is 2.05. The molecule has 0 bridgehead atoms. The average Bonchev–Trinajstić information content (AvgIpc) is 2.96. The van der Waals surface area contributed by atoms with E-state index in [-0.39, 0.29) is 11.6 Å². The quantitative estimate of drug-likeness (QED) is 0.513. The van der Waals surface area contributed by atoms with Gasteiger partial charge in [0.2, 0.25) is 0 Å². The van der Waals surface area contributed by atoms with Crippen molar-refractivity contribution in [3.63, 3.8) is 0 Å². The first-order valence-electron chi connectivity index (χ1n) is 9.77. The van der Waals surface area contributed by atoms with E-state index < -0.39 is 5.69 Å². The first-order chi connectivity index (χ1) is 13.7. The minimum Gasteiger partial charge on any atom is -0.490 e. The van der Waals surface area contributed by atoms with Crippen molar-refractivity contribution < 1.29 is 4.74 Å². The molecule has 2 aromatic rings. The lowest BCUT2D eigenvalue weighted by molar-refractivity contribution is 0.362. The SMILES string of the molecule is Nc1n[nH]c(=O)nc1NCC=CCOc1cccc(CC2CCCCCN2)c1.